The highest BCUT2D eigenvalue weighted by atomic mass is 19.1. The molecule has 0 aliphatic heterocycles. The topological polar surface area (TPSA) is 76.0 Å². The number of imidazole rings is 1. The van der Waals surface area contributed by atoms with Crippen molar-refractivity contribution < 1.29 is 14.0 Å². The number of nitrogens with one attached hydrogen (secondary N) is 2. The molecule has 0 saturated carbocycles. The molecule has 0 spiro atoms. The Labute approximate surface area is 162 Å². The van der Waals surface area contributed by atoms with Crippen LogP contribution >= 0.6 is 0 Å². The number of amides is 2. The Morgan fingerprint density at radius 3 is 2.39 bits per heavy atom. The van der Waals surface area contributed by atoms with E-state index < -0.39 is 17.8 Å². The molecule has 2 aromatic carbocycles. The maximum Gasteiger partial charge on any atom is 0.254 e. The second-order valence-electron chi connectivity index (χ2n) is 6.68. The lowest BCUT2D eigenvalue weighted by atomic mass is 10.0. The summed E-state index contributed by atoms with van der Waals surface area (Å²) in [4.78, 5) is 29.1. The number of rotatable bonds is 6. The molecule has 2 N–H and O–H groups in total. The minimum atomic E-state index is -0.805. The minimum absolute atomic E-state index is 0.0920. The van der Waals surface area contributed by atoms with Crippen LogP contribution in [0.5, 0.6) is 0 Å². The fourth-order valence-corrected chi connectivity index (χ4v) is 2.75. The number of hydrogen-bond acceptors (Lipinski definition) is 3. The van der Waals surface area contributed by atoms with Crippen molar-refractivity contribution in [3.05, 3.63) is 78.6 Å². The van der Waals surface area contributed by atoms with Gasteiger partial charge in [-0.05, 0) is 42.3 Å². The van der Waals surface area contributed by atoms with E-state index in [1.165, 1.54) is 18.2 Å². The molecule has 1 aromatic heterocycles. The molecule has 3 aromatic rings. The summed E-state index contributed by atoms with van der Waals surface area (Å²) in [6.07, 6.45) is 5.18. The smallest absolute Gasteiger partial charge is 0.254 e. The lowest BCUT2D eigenvalue weighted by molar-refractivity contribution is -0.118. The molecule has 1 atom stereocenters. The summed E-state index contributed by atoms with van der Waals surface area (Å²) < 4.78 is 15.7. The zero-order chi connectivity index (χ0) is 20.1. The van der Waals surface area contributed by atoms with Crippen molar-refractivity contribution in [1.29, 1.82) is 0 Å². The largest absolute Gasteiger partial charge is 0.340 e. The molecule has 0 aliphatic rings. The molecule has 1 heterocycles. The molecular formula is C21H21FN4O2. The summed E-state index contributed by atoms with van der Waals surface area (Å²) >= 11 is 0. The van der Waals surface area contributed by atoms with E-state index in [1.54, 1.807) is 30.7 Å². The first-order valence-electron chi connectivity index (χ1n) is 8.90. The lowest BCUT2D eigenvalue weighted by Gasteiger charge is -2.22. The summed E-state index contributed by atoms with van der Waals surface area (Å²) in [5, 5.41) is 5.42. The molecular weight excluding hydrogens is 359 g/mol. The zero-order valence-corrected chi connectivity index (χ0v) is 15.6. The quantitative estimate of drug-likeness (QED) is 0.688. The van der Waals surface area contributed by atoms with Gasteiger partial charge in [-0.2, -0.15) is 0 Å². The van der Waals surface area contributed by atoms with Crippen LogP contribution in [0.1, 0.15) is 24.2 Å². The first-order chi connectivity index (χ1) is 13.5. The predicted molar refractivity (Wildman–Crippen MR) is 105 cm³/mol. The summed E-state index contributed by atoms with van der Waals surface area (Å²) in [6, 6.07) is 12.1. The van der Waals surface area contributed by atoms with Gasteiger partial charge in [0.05, 0.1) is 11.9 Å². The van der Waals surface area contributed by atoms with Gasteiger partial charge >= 0.3 is 0 Å². The summed E-state index contributed by atoms with van der Waals surface area (Å²) in [7, 11) is 0. The highest BCUT2D eigenvalue weighted by molar-refractivity contribution is 6.01. The van der Waals surface area contributed by atoms with Crippen molar-refractivity contribution in [3.63, 3.8) is 0 Å². The fraction of sp³-hybridized carbons (Fsp3) is 0.190. The van der Waals surface area contributed by atoms with E-state index in [-0.39, 0.29) is 17.4 Å². The van der Waals surface area contributed by atoms with Gasteiger partial charge in [0.15, 0.2) is 0 Å². The third-order valence-electron chi connectivity index (χ3n) is 4.29. The Balaban J connectivity index is 1.69. The summed E-state index contributed by atoms with van der Waals surface area (Å²) in [5.41, 5.74) is 1.41. The number of aromatic nitrogens is 2. The number of anilines is 1. The first kappa shape index (κ1) is 19.3. The van der Waals surface area contributed by atoms with Gasteiger partial charge in [-0.25, -0.2) is 9.37 Å². The van der Waals surface area contributed by atoms with Crippen LogP contribution < -0.4 is 10.6 Å². The molecule has 7 heteroatoms. The molecule has 0 fully saturated rings. The Bertz CT molecular complexity index is 953. The van der Waals surface area contributed by atoms with E-state index in [1.807, 2.05) is 36.7 Å². The Morgan fingerprint density at radius 1 is 1.07 bits per heavy atom. The standard InChI is InChI=1S/C21H21FN4O2/c1-14(2)19(25-20(27)17-5-3-4-6-18(17)22)21(28)24-15-7-9-16(10-8-15)26-12-11-23-13-26/h3-14,19H,1-2H3,(H,24,28)(H,25,27). The predicted octanol–water partition coefficient (Wildman–Crippen LogP) is 3.40. The van der Waals surface area contributed by atoms with Crippen LogP contribution in [0.4, 0.5) is 10.1 Å². The molecule has 3 rings (SSSR count). The van der Waals surface area contributed by atoms with Crippen molar-refractivity contribution in [2.24, 2.45) is 5.92 Å². The van der Waals surface area contributed by atoms with Crippen molar-refractivity contribution in [2.75, 3.05) is 5.32 Å². The highest BCUT2D eigenvalue weighted by Gasteiger charge is 2.25. The van der Waals surface area contributed by atoms with Crippen LogP contribution in [0.2, 0.25) is 0 Å². The zero-order valence-electron chi connectivity index (χ0n) is 15.6. The average molecular weight is 380 g/mol. The molecule has 0 bridgehead atoms. The van der Waals surface area contributed by atoms with Gasteiger partial charge in [-0.1, -0.05) is 26.0 Å². The number of carbonyl (C=O) groups is 2. The first-order valence-corrected chi connectivity index (χ1v) is 8.90. The highest BCUT2D eigenvalue weighted by Crippen LogP contribution is 2.15. The average Bonchev–Trinajstić information content (AvgIpc) is 3.21. The van der Waals surface area contributed by atoms with Gasteiger partial charge < -0.3 is 15.2 Å². The van der Waals surface area contributed by atoms with E-state index in [2.05, 4.69) is 15.6 Å². The lowest BCUT2D eigenvalue weighted by Crippen LogP contribution is -2.47. The third-order valence-corrected chi connectivity index (χ3v) is 4.29. The number of carbonyl (C=O) groups excluding carboxylic acids is 2. The van der Waals surface area contributed by atoms with E-state index in [0.29, 0.717) is 5.69 Å². The number of halogens is 1. The van der Waals surface area contributed by atoms with Gasteiger partial charge in [-0.3, -0.25) is 9.59 Å². The maximum absolute atomic E-state index is 13.8. The minimum Gasteiger partial charge on any atom is -0.340 e. The number of benzene rings is 2. The molecule has 1 unspecified atom stereocenters. The molecule has 144 valence electrons. The van der Waals surface area contributed by atoms with Gasteiger partial charge in [0, 0.05) is 23.8 Å². The van der Waals surface area contributed by atoms with Crippen LogP contribution in [-0.4, -0.2) is 27.4 Å². The molecule has 0 radical (unpaired) electrons. The van der Waals surface area contributed by atoms with Gasteiger partial charge in [-0.15, -0.1) is 0 Å². The fourth-order valence-electron chi connectivity index (χ4n) is 2.75. The van der Waals surface area contributed by atoms with Crippen molar-refractivity contribution in [2.45, 2.75) is 19.9 Å². The Morgan fingerprint density at radius 2 is 1.79 bits per heavy atom. The Kier molecular flexibility index (Phi) is 5.84. The van der Waals surface area contributed by atoms with Crippen LogP contribution in [0, 0.1) is 11.7 Å². The third kappa shape index (κ3) is 4.43. The molecule has 28 heavy (non-hydrogen) atoms. The maximum atomic E-state index is 13.8. The summed E-state index contributed by atoms with van der Waals surface area (Å²) in [6.45, 7) is 3.63. The summed E-state index contributed by atoms with van der Waals surface area (Å²) in [5.74, 6) is -1.79. The van der Waals surface area contributed by atoms with E-state index in [0.717, 1.165) is 5.69 Å². The van der Waals surface area contributed by atoms with Crippen LogP contribution in [0.25, 0.3) is 5.69 Å². The second kappa shape index (κ2) is 8.47. The van der Waals surface area contributed by atoms with E-state index in [9.17, 15) is 14.0 Å². The molecule has 6 nitrogen and oxygen atoms in total. The van der Waals surface area contributed by atoms with Crippen LogP contribution in [0.15, 0.2) is 67.3 Å². The monoisotopic (exact) mass is 380 g/mol. The van der Waals surface area contributed by atoms with Crippen molar-refractivity contribution in [1.82, 2.24) is 14.9 Å². The van der Waals surface area contributed by atoms with Crippen molar-refractivity contribution in [3.8, 4) is 5.69 Å². The second-order valence-corrected chi connectivity index (χ2v) is 6.68. The van der Waals surface area contributed by atoms with Gasteiger partial charge in [0.1, 0.15) is 11.9 Å². The van der Waals surface area contributed by atoms with E-state index >= 15 is 0 Å². The molecule has 0 saturated heterocycles. The number of nitrogens with zero attached hydrogens (tertiary/aromatic N) is 2. The van der Waals surface area contributed by atoms with Crippen molar-refractivity contribution >= 4 is 17.5 Å². The van der Waals surface area contributed by atoms with Gasteiger partial charge in [0.2, 0.25) is 5.91 Å². The van der Waals surface area contributed by atoms with E-state index in [4.69, 9.17) is 0 Å². The van der Waals surface area contributed by atoms with Crippen LogP contribution in [-0.2, 0) is 4.79 Å². The Hall–Kier alpha value is -3.48. The van der Waals surface area contributed by atoms with Crippen LogP contribution in [0.3, 0.4) is 0 Å². The number of hydrogen-bond donors (Lipinski definition) is 2. The SMILES string of the molecule is CC(C)C(NC(=O)c1ccccc1F)C(=O)Nc1ccc(-n2ccnc2)cc1. The normalized spacial score (nSPS) is 11.9. The molecule has 0 aliphatic carbocycles. The van der Waals surface area contributed by atoms with Gasteiger partial charge in [0.25, 0.3) is 5.91 Å². The molecule has 2 amide bonds.